The van der Waals surface area contributed by atoms with Gasteiger partial charge in [0.15, 0.2) is 0 Å². The van der Waals surface area contributed by atoms with Gasteiger partial charge in [-0.25, -0.2) is 10.4 Å². The minimum Gasteiger partial charge on any atom is -0.318 e. The number of aromatic nitrogens is 2. The second-order valence-electron chi connectivity index (χ2n) is 8.24. The van der Waals surface area contributed by atoms with Crippen molar-refractivity contribution in [3.8, 4) is 0 Å². The average Bonchev–Trinajstić information content (AvgIpc) is 3.41. The van der Waals surface area contributed by atoms with E-state index in [1.807, 2.05) is 59.2 Å². The summed E-state index contributed by atoms with van der Waals surface area (Å²) in [5, 5.41) is 5.20. The quantitative estimate of drug-likeness (QED) is 0.295. The van der Waals surface area contributed by atoms with Crippen LogP contribution in [0.1, 0.15) is 23.7 Å². The molecule has 0 bridgehead atoms. The molecular formula is C26H21Cl2N5O2. The van der Waals surface area contributed by atoms with Crippen LogP contribution in [0.25, 0.3) is 11.0 Å². The molecule has 3 aromatic carbocycles. The topological polar surface area (TPSA) is 79.6 Å². The fraction of sp³-hybridized carbons (Fsp3) is 0.154. The normalized spacial score (nSPS) is 15.9. The second kappa shape index (κ2) is 9.90. The standard InChI is InChI=1S/C26H21Cl2N5O2/c27-19-9-11-20(12-10-19)32-15-18(13-25(32)35)26-30-22-7-3-4-8-23(22)33(26)16-24(34)31-29-14-17-5-1-2-6-21(17)28/h1-12,14,18H,13,15-16H2,(H,31,34). The first-order chi connectivity index (χ1) is 17.0. The molecule has 0 spiro atoms. The number of anilines is 1. The number of halogens is 2. The van der Waals surface area contributed by atoms with Gasteiger partial charge in [0.25, 0.3) is 5.91 Å². The van der Waals surface area contributed by atoms with Gasteiger partial charge in [-0.1, -0.05) is 53.5 Å². The van der Waals surface area contributed by atoms with E-state index in [1.165, 1.54) is 6.21 Å². The zero-order chi connectivity index (χ0) is 24.4. The number of amides is 2. The molecule has 1 aliphatic rings. The number of hydrogen-bond acceptors (Lipinski definition) is 4. The van der Waals surface area contributed by atoms with Crippen molar-refractivity contribution >= 4 is 58.0 Å². The molecule has 5 rings (SSSR count). The predicted octanol–water partition coefficient (Wildman–Crippen LogP) is 5.01. The van der Waals surface area contributed by atoms with Crippen LogP contribution in [0.2, 0.25) is 10.0 Å². The number of para-hydroxylation sites is 2. The summed E-state index contributed by atoms with van der Waals surface area (Å²) in [7, 11) is 0. The number of carbonyl (C=O) groups excluding carboxylic acids is 2. The Balaban J connectivity index is 1.38. The predicted molar refractivity (Wildman–Crippen MR) is 138 cm³/mol. The minimum atomic E-state index is -0.309. The zero-order valence-electron chi connectivity index (χ0n) is 18.6. The van der Waals surface area contributed by atoms with Crippen LogP contribution < -0.4 is 10.3 Å². The Kier molecular flexibility index (Phi) is 6.53. The number of fused-ring (bicyclic) bond motifs is 1. The second-order valence-corrected chi connectivity index (χ2v) is 9.08. The lowest BCUT2D eigenvalue weighted by Crippen LogP contribution is -2.26. The average molecular weight is 506 g/mol. The maximum Gasteiger partial charge on any atom is 0.260 e. The maximum atomic E-state index is 12.8. The molecule has 2 heterocycles. The summed E-state index contributed by atoms with van der Waals surface area (Å²) in [6.45, 7) is 0.484. The Labute approximate surface area is 212 Å². The number of nitrogens with zero attached hydrogens (tertiary/aromatic N) is 4. The first-order valence-electron chi connectivity index (χ1n) is 11.1. The third-order valence-corrected chi connectivity index (χ3v) is 6.51. The first kappa shape index (κ1) is 23.1. The Hall–Kier alpha value is -3.68. The number of nitrogens with one attached hydrogen (secondary N) is 1. The van der Waals surface area contributed by atoms with Crippen LogP contribution in [0.4, 0.5) is 5.69 Å². The van der Waals surface area contributed by atoms with Crippen molar-refractivity contribution in [2.75, 3.05) is 11.4 Å². The van der Waals surface area contributed by atoms with E-state index in [0.29, 0.717) is 34.4 Å². The summed E-state index contributed by atoms with van der Waals surface area (Å²) in [4.78, 5) is 32.2. The Bertz CT molecular complexity index is 1430. The molecule has 9 heteroatoms. The molecule has 4 aromatic rings. The minimum absolute atomic E-state index is 0.00437. The van der Waals surface area contributed by atoms with E-state index in [-0.39, 0.29) is 24.3 Å². The monoisotopic (exact) mass is 505 g/mol. The molecule has 0 saturated carbocycles. The van der Waals surface area contributed by atoms with Crippen molar-refractivity contribution in [1.82, 2.24) is 15.0 Å². The number of benzene rings is 3. The highest BCUT2D eigenvalue weighted by Crippen LogP contribution is 2.33. The van der Waals surface area contributed by atoms with Crippen molar-refractivity contribution in [2.24, 2.45) is 5.10 Å². The van der Waals surface area contributed by atoms with Crippen LogP contribution in [0.3, 0.4) is 0 Å². The van der Waals surface area contributed by atoms with Crippen LogP contribution in [-0.4, -0.2) is 34.1 Å². The molecule has 7 nitrogen and oxygen atoms in total. The van der Waals surface area contributed by atoms with E-state index in [0.717, 1.165) is 16.7 Å². The number of hydrogen-bond donors (Lipinski definition) is 1. The lowest BCUT2D eigenvalue weighted by Gasteiger charge is -2.17. The summed E-state index contributed by atoms with van der Waals surface area (Å²) in [6.07, 6.45) is 1.81. The fourth-order valence-corrected chi connectivity index (χ4v) is 4.57. The van der Waals surface area contributed by atoms with Gasteiger partial charge in [0, 0.05) is 40.2 Å². The highest BCUT2D eigenvalue weighted by Gasteiger charge is 2.35. The number of imidazole rings is 1. The maximum absolute atomic E-state index is 12.8. The number of hydrazone groups is 1. The van der Waals surface area contributed by atoms with E-state index >= 15 is 0 Å². The third-order valence-electron chi connectivity index (χ3n) is 5.91. The van der Waals surface area contributed by atoms with Gasteiger partial charge < -0.3 is 9.47 Å². The molecule has 1 aromatic heterocycles. The number of carbonyl (C=O) groups is 2. The van der Waals surface area contributed by atoms with Gasteiger partial charge in [-0.15, -0.1) is 0 Å². The zero-order valence-corrected chi connectivity index (χ0v) is 20.1. The van der Waals surface area contributed by atoms with Gasteiger partial charge in [0.1, 0.15) is 12.4 Å². The van der Waals surface area contributed by atoms with Crippen molar-refractivity contribution in [2.45, 2.75) is 18.9 Å². The van der Waals surface area contributed by atoms with Crippen LogP contribution in [0, 0.1) is 0 Å². The van der Waals surface area contributed by atoms with Gasteiger partial charge >= 0.3 is 0 Å². The van der Waals surface area contributed by atoms with Crippen LogP contribution >= 0.6 is 23.2 Å². The van der Waals surface area contributed by atoms with Gasteiger partial charge in [0.05, 0.1) is 17.2 Å². The van der Waals surface area contributed by atoms with Crippen LogP contribution in [0.5, 0.6) is 0 Å². The lowest BCUT2D eigenvalue weighted by atomic mass is 10.1. The molecular weight excluding hydrogens is 485 g/mol. The summed E-state index contributed by atoms with van der Waals surface area (Å²) in [5.74, 6) is 0.229. The van der Waals surface area contributed by atoms with Crippen molar-refractivity contribution in [3.63, 3.8) is 0 Å². The summed E-state index contributed by atoms with van der Waals surface area (Å²) >= 11 is 12.1. The Morgan fingerprint density at radius 2 is 1.80 bits per heavy atom. The smallest absolute Gasteiger partial charge is 0.260 e. The van der Waals surface area contributed by atoms with Gasteiger partial charge in [-0.2, -0.15) is 5.10 Å². The number of rotatable bonds is 6. The van der Waals surface area contributed by atoms with Crippen molar-refractivity contribution in [3.05, 3.63) is 94.2 Å². The molecule has 1 atom stereocenters. The van der Waals surface area contributed by atoms with E-state index in [4.69, 9.17) is 28.2 Å². The van der Waals surface area contributed by atoms with Crippen LogP contribution in [0.15, 0.2) is 77.9 Å². The van der Waals surface area contributed by atoms with E-state index in [9.17, 15) is 9.59 Å². The SMILES string of the molecule is O=C(Cn1c(C2CC(=O)N(c3ccc(Cl)cc3)C2)nc2ccccc21)NN=Cc1ccccc1Cl. The molecule has 1 fully saturated rings. The van der Waals surface area contributed by atoms with Gasteiger partial charge in [-0.05, 0) is 42.5 Å². The fourth-order valence-electron chi connectivity index (χ4n) is 4.26. The first-order valence-corrected chi connectivity index (χ1v) is 11.8. The highest BCUT2D eigenvalue weighted by molar-refractivity contribution is 6.33. The van der Waals surface area contributed by atoms with Gasteiger partial charge in [0.2, 0.25) is 5.91 Å². The van der Waals surface area contributed by atoms with Gasteiger partial charge in [-0.3, -0.25) is 9.59 Å². The third kappa shape index (κ3) is 4.92. The molecule has 1 aliphatic heterocycles. The molecule has 0 radical (unpaired) electrons. The van der Waals surface area contributed by atoms with Crippen molar-refractivity contribution in [1.29, 1.82) is 0 Å². The molecule has 35 heavy (non-hydrogen) atoms. The molecule has 1 N–H and O–H groups in total. The summed E-state index contributed by atoms with van der Waals surface area (Å²) in [5.41, 5.74) is 5.65. The Morgan fingerprint density at radius 3 is 2.60 bits per heavy atom. The van der Waals surface area contributed by atoms with E-state index < -0.39 is 0 Å². The Morgan fingerprint density at radius 1 is 1.06 bits per heavy atom. The highest BCUT2D eigenvalue weighted by atomic mass is 35.5. The molecule has 0 aliphatic carbocycles. The summed E-state index contributed by atoms with van der Waals surface area (Å²) < 4.78 is 1.86. The summed E-state index contributed by atoms with van der Waals surface area (Å²) in [6, 6.07) is 22.0. The van der Waals surface area contributed by atoms with Crippen molar-refractivity contribution < 1.29 is 9.59 Å². The largest absolute Gasteiger partial charge is 0.318 e. The molecule has 176 valence electrons. The van der Waals surface area contributed by atoms with E-state index in [2.05, 4.69) is 10.5 Å². The van der Waals surface area contributed by atoms with Crippen LogP contribution in [-0.2, 0) is 16.1 Å². The lowest BCUT2D eigenvalue weighted by molar-refractivity contribution is -0.121. The molecule has 1 saturated heterocycles. The molecule has 1 unspecified atom stereocenters. The molecule has 2 amide bonds. The van der Waals surface area contributed by atoms with E-state index in [1.54, 1.807) is 23.1 Å².